The fraction of sp³-hybridized carbons (Fsp3) is 0.588. The monoisotopic (exact) mass is 434 g/mol. The van der Waals surface area contributed by atoms with Crippen molar-refractivity contribution in [3.05, 3.63) is 35.4 Å². The van der Waals surface area contributed by atoms with Crippen LogP contribution in [0.3, 0.4) is 0 Å². The number of likely N-dealkylation sites (N-methyl/N-ethyl adjacent to an activating group) is 1. The predicted octanol–water partition coefficient (Wildman–Crippen LogP) is 2.20. The molecule has 0 saturated carbocycles. The molecule has 0 saturated heterocycles. The van der Waals surface area contributed by atoms with Gasteiger partial charge in [0.15, 0.2) is 5.96 Å². The van der Waals surface area contributed by atoms with E-state index >= 15 is 0 Å². The normalized spacial score (nSPS) is 11.3. The minimum atomic E-state index is 0. The van der Waals surface area contributed by atoms with Gasteiger partial charge in [-0.3, -0.25) is 4.99 Å². The molecule has 6 heteroatoms. The Morgan fingerprint density at radius 3 is 2.39 bits per heavy atom. The minimum absolute atomic E-state index is 0. The smallest absolute Gasteiger partial charge is 0.193 e. The van der Waals surface area contributed by atoms with Crippen molar-refractivity contribution in [2.75, 3.05) is 54.5 Å². The van der Waals surface area contributed by atoms with E-state index in [2.05, 4.69) is 65.4 Å². The molecule has 0 aliphatic rings. The lowest BCUT2D eigenvalue weighted by atomic mass is 10.1. The van der Waals surface area contributed by atoms with Gasteiger partial charge in [-0.05, 0) is 19.5 Å². The molecule has 0 atom stereocenters. The molecule has 0 unspecified atom stereocenters. The number of rotatable bonds is 8. The summed E-state index contributed by atoms with van der Waals surface area (Å²) in [5.74, 6) is 0.917. The van der Waals surface area contributed by atoms with Crippen molar-refractivity contribution in [1.82, 2.24) is 15.1 Å². The average molecular weight is 434 g/mol. The van der Waals surface area contributed by atoms with Crippen LogP contribution in [0.1, 0.15) is 11.1 Å². The molecule has 0 aliphatic heterocycles. The van der Waals surface area contributed by atoms with E-state index < -0.39 is 0 Å². The van der Waals surface area contributed by atoms with Gasteiger partial charge < -0.3 is 19.9 Å². The number of aryl methyl sites for hydroxylation is 1. The molecule has 1 rings (SSSR count). The Hall–Kier alpha value is -0.860. The van der Waals surface area contributed by atoms with Crippen molar-refractivity contribution in [3.8, 4) is 0 Å². The molecule has 0 bridgehead atoms. The second-order valence-corrected chi connectivity index (χ2v) is 5.61. The molecule has 132 valence electrons. The van der Waals surface area contributed by atoms with E-state index in [0.29, 0.717) is 0 Å². The SMILES string of the molecule is CN=C(NCCN(C)CCOC)N(C)Cc1ccc(C)cc1.I. The molecule has 5 nitrogen and oxygen atoms in total. The first-order valence-corrected chi connectivity index (χ1v) is 7.71. The summed E-state index contributed by atoms with van der Waals surface area (Å²) in [6.07, 6.45) is 0. The summed E-state index contributed by atoms with van der Waals surface area (Å²) in [6.45, 7) is 6.48. The van der Waals surface area contributed by atoms with Gasteiger partial charge in [0.25, 0.3) is 0 Å². The van der Waals surface area contributed by atoms with Gasteiger partial charge in [0.2, 0.25) is 0 Å². The lowest BCUT2D eigenvalue weighted by Crippen LogP contribution is -2.42. The summed E-state index contributed by atoms with van der Waals surface area (Å²) in [5.41, 5.74) is 2.57. The number of guanidine groups is 1. The van der Waals surface area contributed by atoms with Crippen LogP contribution in [0.25, 0.3) is 0 Å². The van der Waals surface area contributed by atoms with Crippen LogP contribution in [-0.4, -0.2) is 70.3 Å². The highest BCUT2D eigenvalue weighted by atomic mass is 127. The van der Waals surface area contributed by atoms with Gasteiger partial charge in [-0.15, -0.1) is 24.0 Å². The third-order valence-electron chi connectivity index (χ3n) is 3.57. The van der Waals surface area contributed by atoms with Crippen molar-refractivity contribution in [3.63, 3.8) is 0 Å². The van der Waals surface area contributed by atoms with Crippen molar-refractivity contribution in [2.45, 2.75) is 13.5 Å². The highest BCUT2D eigenvalue weighted by Crippen LogP contribution is 2.05. The Bertz CT molecular complexity index is 450. The molecule has 1 aromatic rings. The standard InChI is InChI=1S/C17H30N4O.HI/c1-15-6-8-16(9-7-15)14-21(4)17(18-2)19-10-11-20(3)12-13-22-5;/h6-9H,10-14H2,1-5H3,(H,18,19);1H. The number of hydrogen-bond acceptors (Lipinski definition) is 3. The number of methoxy groups -OCH3 is 1. The van der Waals surface area contributed by atoms with Gasteiger partial charge in [-0.25, -0.2) is 0 Å². The van der Waals surface area contributed by atoms with Gasteiger partial charge in [0.1, 0.15) is 0 Å². The Labute approximate surface area is 158 Å². The summed E-state index contributed by atoms with van der Waals surface area (Å²) in [4.78, 5) is 8.73. The van der Waals surface area contributed by atoms with Gasteiger partial charge >= 0.3 is 0 Å². The third kappa shape index (κ3) is 9.12. The van der Waals surface area contributed by atoms with Crippen LogP contribution in [0.15, 0.2) is 29.3 Å². The van der Waals surface area contributed by atoms with Gasteiger partial charge in [0.05, 0.1) is 6.61 Å². The highest BCUT2D eigenvalue weighted by Gasteiger charge is 2.06. The molecule has 0 fully saturated rings. The van der Waals surface area contributed by atoms with Crippen molar-refractivity contribution in [1.29, 1.82) is 0 Å². The summed E-state index contributed by atoms with van der Waals surface area (Å²) in [5, 5.41) is 3.40. The van der Waals surface area contributed by atoms with E-state index in [4.69, 9.17) is 4.74 Å². The van der Waals surface area contributed by atoms with Crippen LogP contribution >= 0.6 is 24.0 Å². The third-order valence-corrected chi connectivity index (χ3v) is 3.57. The second kappa shape index (κ2) is 12.5. The van der Waals surface area contributed by atoms with E-state index in [9.17, 15) is 0 Å². The van der Waals surface area contributed by atoms with Gasteiger partial charge in [-0.2, -0.15) is 0 Å². The summed E-state index contributed by atoms with van der Waals surface area (Å²) in [6, 6.07) is 8.61. The summed E-state index contributed by atoms with van der Waals surface area (Å²) >= 11 is 0. The Morgan fingerprint density at radius 1 is 1.17 bits per heavy atom. The zero-order valence-electron chi connectivity index (χ0n) is 15.0. The molecular formula is C17H31IN4O. The maximum Gasteiger partial charge on any atom is 0.193 e. The topological polar surface area (TPSA) is 40.1 Å². The van der Waals surface area contributed by atoms with Gasteiger partial charge in [0, 0.05) is 47.4 Å². The van der Waals surface area contributed by atoms with E-state index in [-0.39, 0.29) is 24.0 Å². The highest BCUT2D eigenvalue weighted by molar-refractivity contribution is 14.0. The molecular weight excluding hydrogens is 403 g/mol. The van der Waals surface area contributed by atoms with Crippen LogP contribution in [0, 0.1) is 6.92 Å². The second-order valence-electron chi connectivity index (χ2n) is 5.61. The first-order valence-electron chi connectivity index (χ1n) is 7.71. The molecule has 0 aliphatic carbocycles. The summed E-state index contributed by atoms with van der Waals surface area (Å²) < 4.78 is 5.08. The number of nitrogens with one attached hydrogen (secondary N) is 1. The van der Waals surface area contributed by atoms with E-state index in [0.717, 1.165) is 38.7 Å². The van der Waals surface area contributed by atoms with Crippen LogP contribution in [0.2, 0.25) is 0 Å². The first kappa shape index (κ1) is 22.1. The fourth-order valence-electron chi connectivity index (χ4n) is 2.14. The lowest BCUT2D eigenvalue weighted by molar-refractivity contribution is 0.162. The number of aliphatic imine (C=N–C) groups is 1. The van der Waals surface area contributed by atoms with Crippen LogP contribution in [-0.2, 0) is 11.3 Å². The Morgan fingerprint density at radius 2 is 1.83 bits per heavy atom. The maximum atomic E-state index is 5.08. The van der Waals surface area contributed by atoms with Gasteiger partial charge in [-0.1, -0.05) is 29.8 Å². The summed E-state index contributed by atoms with van der Waals surface area (Å²) in [7, 11) is 7.71. The molecule has 0 radical (unpaired) electrons. The molecule has 23 heavy (non-hydrogen) atoms. The van der Waals surface area contributed by atoms with Crippen molar-refractivity contribution >= 4 is 29.9 Å². The largest absolute Gasteiger partial charge is 0.383 e. The number of ether oxygens (including phenoxy) is 1. The Kier molecular flexibility index (Phi) is 12.1. The predicted molar refractivity (Wildman–Crippen MR) is 109 cm³/mol. The van der Waals surface area contributed by atoms with Crippen molar-refractivity contribution in [2.24, 2.45) is 4.99 Å². The molecule has 0 spiro atoms. The molecule has 0 amide bonds. The number of halogens is 1. The zero-order chi connectivity index (χ0) is 16.4. The number of benzene rings is 1. The van der Waals surface area contributed by atoms with E-state index in [1.165, 1.54) is 11.1 Å². The van der Waals surface area contributed by atoms with E-state index in [1.54, 1.807) is 7.11 Å². The average Bonchev–Trinajstić information content (AvgIpc) is 2.51. The number of hydrogen-bond donors (Lipinski definition) is 1. The van der Waals surface area contributed by atoms with E-state index in [1.807, 2.05) is 7.05 Å². The maximum absolute atomic E-state index is 5.08. The first-order chi connectivity index (χ1) is 10.6. The van der Waals surface area contributed by atoms with Crippen LogP contribution < -0.4 is 5.32 Å². The van der Waals surface area contributed by atoms with Crippen molar-refractivity contribution < 1.29 is 4.74 Å². The molecule has 0 heterocycles. The molecule has 1 N–H and O–H groups in total. The van der Waals surface area contributed by atoms with Crippen LogP contribution in [0.5, 0.6) is 0 Å². The molecule has 1 aromatic carbocycles. The zero-order valence-corrected chi connectivity index (χ0v) is 17.3. The van der Waals surface area contributed by atoms with Crippen LogP contribution in [0.4, 0.5) is 0 Å². The number of nitrogens with zero attached hydrogens (tertiary/aromatic N) is 3. The molecule has 0 aromatic heterocycles. The fourth-order valence-corrected chi connectivity index (χ4v) is 2.14. The Balaban J connectivity index is 0.00000484. The minimum Gasteiger partial charge on any atom is -0.383 e. The lowest BCUT2D eigenvalue weighted by Gasteiger charge is -2.23. The quantitative estimate of drug-likeness (QED) is 0.387.